The Bertz CT molecular complexity index is 200. The maximum absolute atomic E-state index is 11.1. The predicted molar refractivity (Wildman–Crippen MR) is 49.1 cm³/mol. The first kappa shape index (κ1) is 10.0. The van der Waals surface area contributed by atoms with Crippen molar-refractivity contribution >= 4 is 11.8 Å². The summed E-state index contributed by atoms with van der Waals surface area (Å²) >= 11 is 0. The van der Waals surface area contributed by atoms with Crippen molar-refractivity contribution in [2.75, 3.05) is 6.54 Å². The SMILES string of the molecule is CCC(=O)NCCC(=O)NC1CC1. The van der Waals surface area contributed by atoms with E-state index in [2.05, 4.69) is 10.6 Å². The van der Waals surface area contributed by atoms with Crippen LogP contribution in [0.1, 0.15) is 32.6 Å². The van der Waals surface area contributed by atoms with Gasteiger partial charge in [0.2, 0.25) is 11.8 Å². The second kappa shape index (κ2) is 4.84. The van der Waals surface area contributed by atoms with Crippen LogP contribution < -0.4 is 10.6 Å². The third-order valence-electron chi connectivity index (χ3n) is 1.94. The molecule has 0 unspecified atom stereocenters. The molecule has 0 aliphatic heterocycles. The number of amides is 2. The highest BCUT2D eigenvalue weighted by atomic mass is 16.2. The molecule has 0 heterocycles. The molecule has 0 aromatic heterocycles. The maximum Gasteiger partial charge on any atom is 0.221 e. The minimum absolute atomic E-state index is 0.000720. The van der Waals surface area contributed by atoms with E-state index in [1.54, 1.807) is 6.92 Å². The van der Waals surface area contributed by atoms with Gasteiger partial charge in [-0.15, -0.1) is 0 Å². The molecule has 4 nitrogen and oxygen atoms in total. The molecule has 1 fully saturated rings. The molecule has 0 saturated heterocycles. The van der Waals surface area contributed by atoms with Gasteiger partial charge in [0.1, 0.15) is 0 Å². The van der Waals surface area contributed by atoms with Crippen LogP contribution in [0.2, 0.25) is 0 Å². The highest BCUT2D eigenvalue weighted by molar-refractivity contribution is 5.79. The molecule has 1 aliphatic carbocycles. The van der Waals surface area contributed by atoms with Crippen LogP contribution in [0.15, 0.2) is 0 Å². The predicted octanol–water partition coefficient (Wildman–Crippen LogP) is 0.181. The fourth-order valence-electron chi connectivity index (χ4n) is 0.968. The molecule has 0 atom stereocenters. The fraction of sp³-hybridized carbons (Fsp3) is 0.778. The molecule has 2 amide bonds. The number of carbonyl (C=O) groups excluding carboxylic acids is 2. The summed E-state index contributed by atoms with van der Waals surface area (Å²) in [6.45, 7) is 2.24. The van der Waals surface area contributed by atoms with Crippen molar-refractivity contribution in [1.82, 2.24) is 10.6 Å². The van der Waals surface area contributed by atoms with Crippen molar-refractivity contribution in [2.45, 2.75) is 38.6 Å². The van der Waals surface area contributed by atoms with Gasteiger partial charge in [-0.25, -0.2) is 0 Å². The highest BCUT2D eigenvalue weighted by Crippen LogP contribution is 2.18. The van der Waals surface area contributed by atoms with Gasteiger partial charge < -0.3 is 10.6 Å². The third-order valence-corrected chi connectivity index (χ3v) is 1.94. The summed E-state index contributed by atoms with van der Waals surface area (Å²) in [4.78, 5) is 21.9. The van der Waals surface area contributed by atoms with E-state index in [0.29, 0.717) is 25.4 Å². The van der Waals surface area contributed by atoms with Crippen molar-refractivity contribution in [3.05, 3.63) is 0 Å². The van der Waals surface area contributed by atoms with Crippen molar-refractivity contribution in [2.24, 2.45) is 0 Å². The van der Waals surface area contributed by atoms with Crippen LogP contribution >= 0.6 is 0 Å². The van der Waals surface area contributed by atoms with Gasteiger partial charge in [0, 0.05) is 25.4 Å². The molecule has 0 aromatic rings. The maximum atomic E-state index is 11.1. The molecule has 1 rings (SSSR count). The van der Waals surface area contributed by atoms with E-state index >= 15 is 0 Å². The first-order chi connectivity index (χ1) is 6.22. The molecule has 0 spiro atoms. The second-order valence-electron chi connectivity index (χ2n) is 3.30. The van der Waals surface area contributed by atoms with Crippen LogP contribution in [0.4, 0.5) is 0 Å². The van der Waals surface area contributed by atoms with Crippen LogP contribution in [0.5, 0.6) is 0 Å². The summed E-state index contributed by atoms with van der Waals surface area (Å²) in [6.07, 6.45) is 3.08. The molecule has 0 bridgehead atoms. The van der Waals surface area contributed by atoms with Gasteiger partial charge in [0.05, 0.1) is 0 Å². The minimum Gasteiger partial charge on any atom is -0.356 e. The van der Waals surface area contributed by atoms with Gasteiger partial charge in [0.15, 0.2) is 0 Å². The molecule has 2 N–H and O–H groups in total. The minimum atomic E-state index is -0.000720. The monoisotopic (exact) mass is 184 g/mol. The first-order valence-electron chi connectivity index (χ1n) is 4.78. The molecule has 74 valence electrons. The van der Waals surface area contributed by atoms with E-state index in [1.807, 2.05) is 0 Å². The lowest BCUT2D eigenvalue weighted by molar-refractivity contribution is -0.122. The molecule has 0 radical (unpaired) electrons. The van der Waals surface area contributed by atoms with Crippen LogP contribution in [-0.2, 0) is 9.59 Å². The van der Waals surface area contributed by atoms with E-state index in [0.717, 1.165) is 12.8 Å². The molecule has 13 heavy (non-hydrogen) atoms. The molecule has 0 aromatic carbocycles. The van der Waals surface area contributed by atoms with Gasteiger partial charge in [-0.2, -0.15) is 0 Å². The fourth-order valence-corrected chi connectivity index (χ4v) is 0.968. The number of hydrogen-bond donors (Lipinski definition) is 2. The van der Waals surface area contributed by atoms with Gasteiger partial charge in [-0.1, -0.05) is 6.92 Å². The van der Waals surface area contributed by atoms with Crippen LogP contribution in [0.25, 0.3) is 0 Å². The van der Waals surface area contributed by atoms with Gasteiger partial charge in [-0.05, 0) is 12.8 Å². The summed E-state index contributed by atoms with van der Waals surface area (Å²) in [5.41, 5.74) is 0. The summed E-state index contributed by atoms with van der Waals surface area (Å²) in [6, 6.07) is 0.411. The van der Waals surface area contributed by atoms with Crippen LogP contribution in [0.3, 0.4) is 0 Å². The smallest absolute Gasteiger partial charge is 0.221 e. The van der Waals surface area contributed by atoms with E-state index in [9.17, 15) is 9.59 Å². The van der Waals surface area contributed by atoms with Gasteiger partial charge in [0.25, 0.3) is 0 Å². The first-order valence-corrected chi connectivity index (χ1v) is 4.78. The molecule has 4 heteroatoms. The Kier molecular flexibility index (Phi) is 3.73. The normalized spacial score (nSPS) is 15.2. The number of rotatable bonds is 5. The third kappa shape index (κ3) is 4.50. The topological polar surface area (TPSA) is 58.2 Å². The van der Waals surface area contributed by atoms with Crippen molar-refractivity contribution < 1.29 is 9.59 Å². The summed E-state index contributed by atoms with van der Waals surface area (Å²) in [5, 5.41) is 5.51. The summed E-state index contributed by atoms with van der Waals surface area (Å²) < 4.78 is 0. The Morgan fingerprint density at radius 2 is 2.00 bits per heavy atom. The van der Waals surface area contributed by atoms with Gasteiger partial charge >= 0.3 is 0 Å². The number of carbonyl (C=O) groups is 2. The van der Waals surface area contributed by atoms with E-state index in [-0.39, 0.29) is 11.8 Å². The molecule has 1 aliphatic rings. The Morgan fingerprint density at radius 1 is 1.31 bits per heavy atom. The van der Waals surface area contributed by atoms with Crippen LogP contribution in [-0.4, -0.2) is 24.4 Å². The summed E-state index contributed by atoms with van der Waals surface area (Å²) in [7, 11) is 0. The van der Waals surface area contributed by atoms with E-state index < -0.39 is 0 Å². The highest BCUT2D eigenvalue weighted by Gasteiger charge is 2.22. The number of hydrogen-bond acceptors (Lipinski definition) is 2. The van der Waals surface area contributed by atoms with Gasteiger partial charge in [-0.3, -0.25) is 9.59 Å². The lowest BCUT2D eigenvalue weighted by atomic mass is 10.3. The van der Waals surface area contributed by atoms with Crippen LogP contribution in [0, 0.1) is 0 Å². The molecular formula is C9H16N2O2. The lowest BCUT2D eigenvalue weighted by Gasteiger charge is -2.03. The second-order valence-corrected chi connectivity index (χ2v) is 3.30. The quantitative estimate of drug-likeness (QED) is 0.640. The molecule has 1 saturated carbocycles. The van der Waals surface area contributed by atoms with Crippen molar-refractivity contribution in [3.63, 3.8) is 0 Å². The Labute approximate surface area is 78.1 Å². The van der Waals surface area contributed by atoms with E-state index in [1.165, 1.54) is 0 Å². The Balaban J connectivity index is 1.97. The molecular weight excluding hydrogens is 168 g/mol. The standard InChI is InChI=1S/C9H16N2O2/c1-2-8(12)10-6-5-9(13)11-7-3-4-7/h7H,2-6H2,1H3,(H,10,12)(H,11,13). The lowest BCUT2D eigenvalue weighted by Crippen LogP contribution is -2.31. The zero-order valence-electron chi connectivity index (χ0n) is 7.93. The zero-order chi connectivity index (χ0) is 9.68. The largest absolute Gasteiger partial charge is 0.356 e. The Hall–Kier alpha value is -1.06. The Morgan fingerprint density at radius 3 is 2.54 bits per heavy atom. The van der Waals surface area contributed by atoms with Crippen molar-refractivity contribution in [3.8, 4) is 0 Å². The summed E-state index contributed by atoms with van der Waals surface area (Å²) in [5.74, 6) is 0.0399. The van der Waals surface area contributed by atoms with E-state index in [4.69, 9.17) is 0 Å². The average molecular weight is 184 g/mol. The average Bonchev–Trinajstić information content (AvgIpc) is 2.88. The number of nitrogens with one attached hydrogen (secondary N) is 2. The zero-order valence-corrected chi connectivity index (χ0v) is 7.93. The van der Waals surface area contributed by atoms with Crippen molar-refractivity contribution in [1.29, 1.82) is 0 Å².